The van der Waals surface area contributed by atoms with Gasteiger partial charge in [-0.15, -0.1) is 0 Å². The van der Waals surface area contributed by atoms with Crippen LogP contribution in [-0.4, -0.2) is 30.6 Å². The molecule has 0 radical (unpaired) electrons. The van der Waals surface area contributed by atoms with E-state index in [0.29, 0.717) is 5.41 Å². The first-order valence-corrected chi connectivity index (χ1v) is 7.45. The molecule has 2 rings (SSSR count). The van der Waals surface area contributed by atoms with Gasteiger partial charge in [0, 0.05) is 12.1 Å². The lowest BCUT2D eigenvalue weighted by Gasteiger charge is -2.42. The molecule has 0 aromatic heterocycles. The summed E-state index contributed by atoms with van der Waals surface area (Å²) in [7, 11) is 2.35. The molecule has 100 valence electrons. The van der Waals surface area contributed by atoms with Crippen molar-refractivity contribution in [2.24, 2.45) is 17.1 Å². The van der Waals surface area contributed by atoms with E-state index in [1.165, 1.54) is 44.9 Å². The Labute approximate surface area is 107 Å². The predicted octanol–water partition coefficient (Wildman–Crippen LogP) is 3.01. The molecule has 2 atom stereocenters. The molecule has 0 aromatic carbocycles. The summed E-state index contributed by atoms with van der Waals surface area (Å²) in [6, 6.07) is 1.59. The van der Waals surface area contributed by atoms with Gasteiger partial charge in [-0.3, -0.25) is 0 Å². The molecule has 0 aliphatic heterocycles. The van der Waals surface area contributed by atoms with Crippen LogP contribution in [0.1, 0.15) is 58.8 Å². The molecule has 2 heteroatoms. The SMILES string of the molecule is CN(C1CCC(C)(C)CC1)C1CCCC1CN. The monoisotopic (exact) mass is 238 g/mol. The molecule has 2 unspecified atom stereocenters. The highest BCUT2D eigenvalue weighted by atomic mass is 15.2. The van der Waals surface area contributed by atoms with E-state index in [9.17, 15) is 0 Å². The van der Waals surface area contributed by atoms with E-state index >= 15 is 0 Å². The Hall–Kier alpha value is -0.0800. The van der Waals surface area contributed by atoms with Crippen molar-refractivity contribution >= 4 is 0 Å². The standard InChI is InChI=1S/C15H30N2/c1-15(2)9-7-13(8-10-15)17(3)14-6-4-5-12(14)11-16/h12-14H,4-11,16H2,1-3H3. The molecule has 2 aliphatic rings. The van der Waals surface area contributed by atoms with E-state index in [1.54, 1.807) is 0 Å². The molecule has 2 N–H and O–H groups in total. The van der Waals surface area contributed by atoms with E-state index in [4.69, 9.17) is 5.73 Å². The van der Waals surface area contributed by atoms with E-state index < -0.39 is 0 Å². The molecule has 2 fully saturated rings. The number of hydrogen-bond donors (Lipinski definition) is 1. The lowest BCUT2D eigenvalue weighted by atomic mass is 9.75. The zero-order chi connectivity index (χ0) is 12.5. The Bertz CT molecular complexity index is 239. The van der Waals surface area contributed by atoms with Gasteiger partial charge in [-0.1, -0.05) is 20.3 Å². The van der Waals surface area contributed by atoms with Crippen LogP contribution in [0.25, 0.3) is 0 Å². The van der Waals surface area contributed by atoms with Crippen LogP contribution in [0.3, 0.4) is 0 Å². The molecule has 2 saturated carbocycles. The van der Waals surface area contributed by atoms with Gasteiger partial charge in [0.2, 0.25) is 0 Å². The van der Waals surface area contributed by atoms with E-state index in [-0.39, 0.29) is 0 Å². The number of rotatable bonds is 3. The third-order valence-corrected chi connectivity index (χ3v) is 5.33. The highest BCUT2D eigenvalue weighted by Gasteiger charge is 2.35. The topological polar surface area (TPSA) is 29.3 Å². The number of nitrogens with zero attached hydrogens (tertiary/aromatic N) is 1. The van der Waals surface area contributed by atoms with Crippen LogP contribution in [0.2, 0.25) is 0 Å². The van der Waals surface area contributed by atoms with Gasteiger partial charge in [-0.25, -0.2) is 0 Å². The molecule has 2 aliphatic carbocycles. The Morgan fingerprint density at radius 3 is 2.35 bits per heavy atom. The number of hydrogen-bond acceptors (Lipinski definition) is 2. The zero-order valence-corrected chi connectivity index (χ0v) is 11.9. The van der Waals surface area contributed by atoms with Crippen molar-refractivity contribution in [1.82, 2.24) is 4.90 Å². The molecule has 0 bridgehead atoms. The maximum atomic E-state index is 5.91. The van der Waals surface area contributed by atoms with Gasteiger partial charge in [-0.2, -0.15) is 0 Å². The molecular formula is C15H30N2. The van der Waals surface area contributed by atoms with E-state index in [1.807, 2.05) is 0 Å². The van der Waals surface area contributed by atoms with E-state index in [2.05, 4.69) is 25.8 Å². The Kier molecular flexibility index (Phi) is 4.14. The summed E-state index contributed by atoms with van der Waals surface area (Å²) in [5.74, 6) is 0.759. The first-order chi connectivity index (χ1) is 8.03. The van der Waals surface area contributed by atoms with Crippen molar-refractivity contribution in [2.45, 2.75) is 70.9 Å². The second kappa shape index (κ2) is 5.27. The summed E-state index contributed by atoms with van der Waals surface area (Å²) in [6.45, 7) is 5.72. The smallest absolute Gasteiger partial charge is 0.0135 e. The van der Waals surface area contributed by atoms with E-state index in [0.717, 1.165) is 24.5 Å². The van der Waals surface area contributed by atoms with Crippen LogP contribution in [0.4, 0.5) is 0 Å². The van der Waals surface area contributed by atoms with Gasteiger partial charge < -0.3 is 10.6 Å². The van der Waals surface area contributed by atoms with Crippen molar-refractivity contribution in [3.63, 3.8) is 0 Å². The van der Waals surface area contributed by atoms with Crippen molar-refractivity contribution in [3.8, 4) is 0 Å². The molecule has 0 aromatic rings. The molecule has 17 heavy (non-hydrogen) atoms. The number of nitrogens with two attached hydrogens (primary N) is 1. The highest BCUT2D eigenvalue weighted by Crippen LogP contribution is 2.39. The molecule has 0 saturated heterocycles. The van der Waals surface area contributed by atoms with Crippen LogP contribution in [0.15, 0.2) is 0 Å². The van der Waals surface area contributed by atoms with Gasteiger partial charge in [0.1, 0.15) is 0 Å². The van der Waals surface area contributed by atoms with Gasteiger partial charge in [0.05, 0.1) is 0 Å². The minimum absolute atomic E-state index is 0.584. The van der Waals surface area contributed by atoms with Crippen molar-refractivity contribution in [3.05, 3.63) is 0 Å². The van der Waals surface area contributed by atoms with Gasteiger partial charge in [-0.05, 0) is 63.5 Å². The maximum Gasteiger partial charge on any atom is 0.0135 e. The average Bonchev–Trinajstić information content (AvgIpc) is 2.76. The normalized spacial score (nSPS) is 34.4. The lowest BCUT2D eigenvalue weighted by Crippen LogP contribution is -2.46. The quantitative estimate of drug-likeness (QED) is 0.819. The summed E-state index contributed by atoms with van der Waals surface area (Å²) in [6.07, 6.45) is 9.66. The fraction of sp³-hybridized carbons (Fsp3) is 1.00. The summed E-state index contributed by atoms with van der Waals surface area (Å²) >= 11 is 0. The Morgan fingerprint density at radius 2 is 1.76 bits per heavy atom. The first-order valence-electron chi connectivity index (χ1n) is 7.45. The van der Waals surface area contributed by atoms with Crippen LogP contribution in [-0.2, 0) is 0 Å². The third kappa shape index (κ3) is 3.03. The molecular weight excluding hydrogens is 208 g/mol. The van der Waals surface area contributed by atoms with Crippen LogP contribution in [0, 0.1) is 11.3 Å². The Balaban J connectivity index is 1.90. The molecule has 0 heterocycles. The summed E-state index contributed by atoms with van der Waals surface area (Å²) in [5.41, 5.74) is 6.49. The lowest BCUT2D eigenvalue weighted by molar-refractivity contribution is 0.0800. The van der Waals surface area contributed by atoms with Crippen molar-refractivity contribution in [2.75, 3.05) is 13.6 Å². The molecule has 0 spiro atoms. The fourth-order valence-electron chi connectivity index (χ4n) is 3.89. The summed E-state index contributed by atoms with van der Waals surface area (Å²) < 4.78 is 0. The van der Waals surface area contributed by atoms with Crippen LogP contribution >= 0.6 is 0 Å². The predicted molar refractivity (Wildman–Crippen MR) is 74.0 cm³/mol. The summed E-state index contributed by atoms with van der Waals surface area (Å²) in [5, 5.41) is 0. The van der Waals surface area contributed by atoms with Crippen LogP contribution in [0.5, 0.6) is 0 Å². The molecule has 2 nitrogen and oxygen atoms in total. The first kappa shape index (κ1) is 13.4. The second-order valence-corrected chi connectivity index (χ2v) is 7.05. The minimum Gasteiger partial charge on any atom is -0.330 e. The van der Waals surface area contributed by atoms with Gasteiger partial charge in [0.15, 0.2) is 0 Å². The van der Waals surface area contributed by atoms with Gasteiger partial charge in [0.25, 0.3) is 0 Å². The minimum atomic E-state index is 0.584. The average molecular weight is 238 g/mol. The van der Waals surface area contributed by atoms with Crippen molar-refractivity contribution in [1.29, 1.82) is 0 Å². The van der Waals surface area contributed by atoms with Crippen molar-refractivity contribution < 1.29 is 0 Å². The fourth-order valence-corrected chi connectivity index (χ4v) is 3.89. The largest absolute Gasteiger partial charge is 0.330 e. The highest BCUT2D eigenvalue weighted by molar-refractivity contribution is 4.90. The molecule has 0 amide bonds. The zero-order valence-electron chi connectivity index (χ0n) is 11.9. The Morgan fingerprint density at radius 1 is 1.12 bits per heavy atom. The van der Waals surface area contributed by atoms with Gasteiger partial charge >= 0.3 is 0 Å². The summed E-state index contributed by atoms with van der Waals surface area (Å²) in [4.78, 5) is 2.68. The third-order valence-electron chi connectivity index (χ3n) is 5.33. The maximum absolute atomic E-state index is 5.91. The second-order valence-electron chi connectivity index (χ2n) is 7.05. The van der Waals surface area contributed by atoms with Crippen LogP contribution < -0.4 is 5.73 Å².